The van der Waals surface area contributed by atoms with Gasteiger partial charge in [0.05, 0.1) is 12.2 Å². The molecule has 1 saturated heterocycles. The molecule has 0 aromatic carbocycles. The van der Waals surface area contributed by atoms with Gasteiger partial charge in [0.25, 0.3) is 0 Å². The van der Waals surface area contributed by atoms with Crippen LogP contribution in [-0.2, 0) is 19.5 Å². The highest BCUT2D eigenvalue weighted by atomic mass is 32.1. The fourth-order valence-corrected chi connectivity index (χ4v) is 3.47. The van der Waals surface area contributed by atoms with E-state index in [9.17, 15) is 0 Å². The molecule has 1 fully saturated rings. The molecule has 2 heterocycles. The third-order valence-corrected chi connectivity index (χ3v) is 4.72. The zero-order valence-electron chi connectivity index (χ0n) is 11.5. The lowest BCUT2D eigenvalue weighted by molar-refractivity contribution is 0.132. The van der Waals surface area contributed by atoms with E-state index < -0.39 is 0 Å². The highest BCUT2D eigenvalue weighted by molar-refractivity contribution is 7.11. The maximum Gasteiger partial charge on any atom is 0.107 e. The fourth-order valence-electron chi connectivity index (χ4n) is 2.40. The summed E-state index contributed by atoms with van der Waals surface area (Å²) >= 11 is 1.79. The normalized spacial score (nSPS) is 18.4. The summed E-state index contributed by atoms with van der Waals surface area (Å²) in [5.41, 5.74) is 6.96. The standard InChI is InChI=1S/C13H24N4S/c1-3-11-12(9-14)18-13(15-11)10-17-7-5-16(4-2)6-8-17/h3-10,14H2,1-2H3. The summed E-state index contributed by atoms with van der Waals surface area (Å²) in [5, 5.41) is 1.23. The van der Waals surface area contributed by atoms with Crippen LogP contribution in [0.1, 0.15) is 29.4 Å². The summed E-state index contributed by atoms with van der Waals surface area (Å²) in [6.45, 7) is 11.9. The highest BCUT2D eigenvalue weighted by Crippen LogP contribution is 2.20. The molecule has 102 valence electrons. The van der Waals surface area contributed by atoms with E-state index >= 15 is 0 Å². The molecular weight excluding hydrogens is 244 g/mol. The van der Waals surface area contributed by atoms with E-state index in [0.29, 0.717) is 6.54 Å². The van der Waals surface area contributed by atoms with Gasteiger partial charge >= 0.3 is 0 Å². The van der Waals surface area contributed by atoms with Crippen LogP contribution in [0.25, 0.3) is 0 Å². The SMILES string of the molecule is CCc1nc(CN2CCN(CC)CC2)sc1CN. The van der Waals surface area contributed by atoms with Gasteiger partial charge in [-0.3, -0.25) is 4.90 Å². The van der Waals surface area contributed by atoms with Crippen molar-refractivity contribution in [2.45, 2.75) is 33.4 Å². The van der Waals surface area contributed by atoms with Gasteiger partial charge in [-0.25, -0.2) is 4.98 Å². The van der Waals surface area contributed by atoms with Crippen molar-refractivity contribution < 1.29 is 0 Å². The average Bonchev–Trinajstić information content (AvgIpc) is 2.81. The van der Waals surface area contributed by atoms with Crippen molar-refractivity contribution in [2.75, 3.05) is 32.7 Å². The molecule has 2 rings (SSSR count). The first-order valence-corrected chi connectivity index (χ1v) is 7.70. The van der Waals surface area contributed by atoms with Crippen molar-refractivity contribution in [3.05, 3.63) is 15.6 Å². The lowest BCUT2D eigenvalue weighted by atomic mass is 10.3. The summed E-state index contributed by atoms with van der Waals surface area (Å²) in [6, 6.07) is 0. The zero-order valence-corrected chi connectivity index (χ0v) is 12.3. The molecule has 1 aliphatic heterocycles. The molecule has 2 N–H and O–H groups in total. The average molecular weight is 268 g/mol. The molecule has 0 aliphatic carbocycles. The van der Waals surface area contributed by atoms with E-state index in [1.165, 1.54) is 35.2 Å². The number of thiazole rings is 1. The Labute approximate surface area is 114 Å². The minimum atomic E-state index is 0.629. The van der Waals surface area contributed by atoms with Crippen LogP contribution in [0, 0.1) is 0 Å². The number of hydrogen-bond acceptors (Lipinski definition) is 5. The second-order valence-corrected chi connectivity index (χ2v) is 5.91. The molecule has 0 atom stereocenters. The first-order chi connectivity index (χ1) is 8.76. The Kier molecular flexibility index (Phi) is 5.12. The molecule has 0 bridgehead atoms. The van der Waals surface area contributed by atoms with Gasteiger partial charge in [0.2, 0.25) is 0 Å². The molecule has 1 aromatic heterocycles. The largest absolute Gasteiger partial charge is 0.326 e. The van der Waals surface area contributed by atoms with Crippen LogP contribution in [0.5, 0.6) is 0 Å². The third-order valence-electron chi connectivity index (χ3n) is 3.61. The first-order valence-electron chi connectivity index (χ1n) is 6.89. The van der Waals surface area contributed by atoms with Gasteiger partial charge < -0.3 is 10.6 Å². The Hall–Kier alpha value is -0.490. The molecule has 0 saturated carbocycles. The number of piperazine rings is 1. The van der Waals surface area contributed by atoms with Crippen LogP contribution in [0.2, 0.25) is 0 Å². The smallest absolute Gasteiger partial charge is 0.107 e. The van der Waals surface area contributed by atoms with E-state index in [2.05, 4.69) is 23.6 Å². The predicted octanol–water partition coefficient (Wildman–Crippen LogP) is 1.30. The lowest BCUT2D eigenvalue weighted by Gasteiger charge is -2.33. The Morgan fingerprint density at radius 3 is 2.33 bits per heavy atom. The van der Waals surface area contributed by atoms with Gasteiger partial charge in [0.1, 0.15) is 5.01 Å². The zero-order chi connectivity index (χ0) is 13.0. The maximum absolute atomic E-state index is 5.76. The van der Waals surface area contributed by atoms with Crippen molar-refractivity contribution in [3.63, 3.8) is 0 Å². The Bertz CT molecular complexity index is 348. The third kappa shape index (κ3) is 3.29. The van der Waals surface area contributed by atoms with Gasteiger partial charge in [0, 0.05) is 37.6 Å². The van der Waals surface area contributed by atoms with Gasteiger partial charge in [0.15, 0.2) is 0 Å². The second kappa shape index (κ2) is 6.61. The topological polar surface area (TPSA) is 45.4 Å². The number of rotatable bonds is 5. The quantitative estimate of drug-likeness (QED) is 0.874. The van der Waals surface area contributed by atoms with Gasteiger partial charge in [-0.2, -0.15) is 0 Å². The van der Waals surface area contributed by atoms with Gasteiger partial charge in [-0.1, -0.05) is 13.8 Å². The molecule has 4 nitrogen and oxygen atoms in total. The number of hydrogen-bond donors (Lipinski definition) is 1. The van der Waals surface area contributed by atoms with Crippen LogP contribution in [0.4, 0.5) is 0 Å². The van der Waals surface area contributed by atoms with Crippen molar-refractivity contribution in [1.82, 2.24) is 14.8 Å². The first kappa shape index (κ1) is 13.9. The fraction of sp³-hybridized carbons (Fsp3) is 0.769. The summed E-state index contributed by atoms with van der Waals surface area (Å²) < 4.78 is 0. The minimum Gasteiger partial charge on any atom is -0.326 e. The van der Waals surface area contributed by atoms with Crippen LogP contribution in [-0.4, -0.2) is 47.5 Å². The minimum absolute atomic E-state index is 0.629. The van der Waals surface area contributed by atoms with Gasteiger partial charge in [-0.15, -0.1) is 11.3 Å². The van der Waals surface area contributed by atoms with Crippen molar-refractivity contribution in [1.29, 1.82) is 0 Å². The highest BCUT2D eigenvalue weighted by Gasteiger charge is 2.17. The number of aromatic nitrogens is 1. The molecule has 1 aromatic rings. The van der Waals surface area contributed by atoms with E-state index in [-0.39, 0.29) is 0 Å². The van der Waals surface area contributed by atoms with E-state index in [4.69, 9.17) is 10.7 Å². The Balaban J connectivity index is 1.91. The van der Waals surface area contributed by atoms with E-state index in [1.807, 2.05) is 0 Å². The maximum atomic E-state index is 5.76. The van der Waals surface area contributed by atoms with Crippen molar-refractivity contribution in [3.8, 4) is 0 Å². The van der Waals surface area contributed by atoms with Gasteiger partial charge in [-0.05, 0) is 13.0 Å². The molecule has 18 heavy (non-hydrogen) atoms. The summed E-state index contributed by atoms with van der Waals surface area (Å²) in [4.78, 5) is 11.0. The number of likely N-dealkylation sites (N-methyl/N-ethyl adjacent to an activating group) is 1. The molecule has 0 radical (unpaired) electrons. The molecular formula is C13H24N4S. The van der Waals surface area contributed by atoms with E-state index in [1.54, 1.807) is 11.3 Å². The summed E-state index contributed by atoms with van der Waals surface area (Å²) in [7, 11) is 0. The van der Waals surface area contributed by atoms with Crippen LogP contribution < -0.4 is 5.73 Å². The van der Waals surface area contributed by atoms with Crippen LogP contribution in [0.3, 0.4) is 0 Å². The number of aryl methyl sites for hydroxylation is 1. The summed E-state index contributed by atoms with van der Waals surface area (Å²) in [6.07, 6.45) is 0.993. The van der Waals surface area contributed by atoms with Crippen LogP contribution >= 0.6 is 11.3 Å². The summed E-state index contributed by atoms with van der Waals surface area (Å²) in [5.74, 6) is 0. The number of nitrogens with two attached hydrogens (primary N) is 1. The Morgan fingerprint density at radius 2 is 1.83 bits per heavy atom. The molecule has 0 spiro atoms. The van der Waals surface area contributed by atoms with Crippen molar-refractivity contribution >= 4 is 11.3 Å². The van der Waals surface area contributed by atoms with Crippen LogP contribution in [0.15, 0.2) is 0 Å². The Morgan fingerprint density at radius 1 is 1.17 bits per heavy atom. The molecule has 1 aliphatic rings. The van der Waals surface area contributed by atoms with E-state index in [0.717, 1.165) is 26.1 Å². The molecule has 0 amide bonds. The lowest BCUT2D eigenvalue weighted by Crippen LogP contribution is -2.45. The monoisotopic (exact) mass is 268 g/mol. The second-order valence-electron chi connectivity index (χ2n) is 4.75. The molecule has 0 unspecified atom stereocenters. The predicted molar refractivity (Wildman–Crippen MR) is 76.8 cm³/mol. The number of nitrogens with zero attached hydrogens (tertiary/aromatic N) is 3. The van der Waals surface area contributed by atoms with Crippen molar-refractivity contribution in [2.24, 2.45) is 5.73 Å². The molecule has 5 heteroatoms.